The van der Waals surface area contributed by atoms with Gasteiger partial charge in [-0.25, -0.2) is 0 Å². The minimum absolute atomic E-state index is 0.562. The van der Waals surface area contributed by atoms with E-state index in [0.717, 1.165) is 6.54 Å². The number of ether oxygens (including phenoxy) is 2. The number of hydrogen-bond donors (Lipinski definition) is 1. The van der Waals surface area contributed by atoms with Crippen LogP contribution in [0.4, 0.5) is 0 Å². The molecule has 1 N–H and O–H groups in total. The summed E-state index contributed by atoms with van der Waals surface area (Å²) in [6.07, 6.45) is 1.34. The van der Waals surface area contributed by atoms with Gasteiger partial charge in [-0.3, -0.25) is 0 Å². The van der Waals surface area contributed by atoms with Gasteiger partial charge in [0, 0.05) is 18.2 Å². The lowest BCUT2D eigenvalue weighted by molar-refractivity contribution is 0.260. The highest BCUT2D eigenvalue weighted by molar-refractivity contribution is 5.83. The molecule has 0 fully saturated rings. The van der Waals surface area contributed by atoms with E-state index in [-0.39, 0.29) is 0 Å². The van der Waals surface area contributed by atoms with Crippen LogP contribution in [0.2, 0.25) is 0 Å². The highest BCUT2D eigenvalue weighted by Gasteiger charge is 2.04. The van der Waals surface area contributed by atoms with Crippen LogP contribution >= 0.6 is 0 Å². The van der Waals surface area contributed by atoms with E-state index in [0.29, 0.717) is 23.7 Å². The third-order valence-corrected chi connectivity index (χ3v) is 2.21. The molecule has 1 aromatic carbocycles. The largest absolute Gasteiger partial charge is 0.497 e. The molecule has 0 bridgehead atoms. The molecule has 0 aromatic heterocycles. The lowest BCUT2D eigenvalue weighted by Crippen LogP contribution is -2.19. The summed E-state index contributed by atoms with van der Waals surface area (Å²) in [5.74, 6) is 1.35. The molecule has 0 atom stereocenters. The SMILES string of the molecule is COc1ccc(C=NO)c(OCCN(C)C)c1. The summed E-state index contributed by atoms with van der Waals surface area (Å²) < 4.78 is 10.7. The zero-order valence-corrected chi connectivity index (χ0v) is 10.4. The molecule has 0 amide bonds. The normalized spacial score (nSPS) is 11.1. The van der Waals surface area contributed by atoms with Crippen LogP contribution in [-0.4, -0.2) is 50.7 Å². The molecule has 0 heterocycles. The molecule has 0 radical (unpaired) electrons. The summed E-state index contributed by atoms with van der Waals surface area (Å²) in [5, 5.41) is 11.6. The van der Waals surface area contributed by atoms with Crippen LogP contribution in [0.3, 0.4) is 0 Å². The van der Waals surface area contributed by atoms with Crippen molar-refractivity contribution in [2.45, 2.75) is 0 Å². The summed E-state index contributed by atoms with van der Waals surface area (Å²) in [6.45, 7) is 1.37. The number of methoxy groups -OCH3 is 1. The topological polar surface area (TPSA) is 54.3 Å². The third kappa shape index (κ3) is 4.32. The van der Waals surface area contributed by atoms with Crippen LogP contribution in [0.15, 0.2) is 23.4 Å². The van der Waals surface area contributed by atoms with Crippen LogP contribution in [0.25, 0.3) is 0 Å². The van der Waals surface area contributed by atoms with Gasteiger partial charge in [-0.05, 0) is 26.2 Å². The van der Waals surface area contributed by atoms with Crippen molar-refractivity contribution in [2.75, 3.05) is 34.4 Å². The first kappa shape index (κ1) is 13.3. The monoisotopic (exact) mass is 238 g/mol. The van der Waals surface area contributed by atoms with Crippen LogP contribution < -0.4 is 9.47 Å². The Bertz CT molecular complexity index is 378. The predicted octanol–water partition coefficient (Wildman–Crippen LogP) is 1.44. The van der Waals surface area contributed by atoms with Crippen molar-refractivity contribution in [1.29, 1.82) is 0 Å². The van der Waals surface area contributed by atoms with Gasteiger partial charge in [0.2, 0.25) is 0 Å². The second-order valence-corrected chi connectivity index (χ2v) is 3.80. The average Bonchev–Trinajstić information content (AvgIpc) is 2.31. The quantitative estimate of drug-likeness (QED) is 0.463. The number of nitrogens with zero attached hydrogens (tertiary/aromatic N) is 2. The fourth-order valence-electron chi connectivity index (χ4n) is 1.27. The molecule has 1 aromatic rings. The van der Waals surface area contributed by atoms with Crippen molar-refractivity contribution in [3.8, 4) is 11.5 Å². The van der Waals surface area contributed by atoms with E-state index in [1.165, 1.54) is 6.21 Å². The number of oxime groups is 1. The van der Waals surface area contributed by atoms with E-state index in [9.17, 15) is 0 Å². The molecule has 94 valence electrons. The van der Waals surface area contributed by atoms with Crippen molar-refractivity contribution in [2.24, 2.45) is 5.16 Å². The maximum atomic E-state index is 8.56. The first-order valence-electron chi connectivity index (χ1n) is 5.30. The Hall–Kier alpha value is -1.75. The highest BCUT2D eigenvalue weighted by Crippen LogP contribution is 2.23. The Morgan fingerprint density at radius 1 is 1.41 bits per heavy atom. The summed E-state index contributed by atoms with van der Waals surface area (Å²) in [5.41, 5.74) is 0.715. The molecule has 0 saturated carbocycles. The molecule has 0 saturated heterocycles. The number of rotatable bonds is 6. The van der Waals surface area contributed by atoms with Gasteiger partial charge in [-0.2, -0.15) is 0 Å². The Balaban J connectivity index is 2.77. The van der Waals surface area contributed by atoms with Gasteiger partial charge in [0.25, 0.3) is 0 Å². The molecule has 1 rings (SSSR count). The van der Waals surface area contributed by atoms with Gasteiger partial charge in [-0.15, -0.1) is 0 Å². The first-order valence-corrected chi connectivity index (χ1v) is 5.30. The molecule has 5 heteroatoms. The molecule has 0 unspecified atom stereocenters. The maximum absolute atomic E-state index is 8.56. The Morgan fingerprint density at radius 2 is 2.18 bits per heavy atom. The zero-order chi connectivity index (χ0) is 12.7. The molecular formula is C12H18N2O3. The van der Waals surface area contributed by atoms with Crippen LogP contribution in [0, 0.1) is 0 Å². The number of hydrogen-bond acceptors (Lipinski definition) is 5. The van der Waals surface area contributed by atoms with E-state index in [1.54, 1.807) is 25.3 Å². The first-order chi connectivity index (χ1) is 8.17. The molecule has 5 nitrogen and oxygen atoms in total. The van der Waals surface area contributed by atoms with Crippen molar-refractivity contribution >= 4 is 6.21 Å². The summed E-state index contributed by atoms with van der Waals surface area (Å²) in [6, 6.07) is 5.34. The van der Waals surface area contributed by atoms with Crippen LogP contribution in [0.1, 0.15) is 5.56 Å². The van der Waals surface area contributed by atoms with Crippen molar-refractivity contribution < 1.29 is 14.7 Å². The number of benzene rings is 1. The number of likely N-dealkylation sites (N-methyl/N-ethyl adjacent to an activating group) is 1. The minimum atomic E-state index is 0.562. The van der Waals surface area contributed by atoms with E-state index >= 15 is 0 Å². The summed E-state index contributed by atoms with van der Waals surface area (Å²) in [7, 11) is 5.55. The van der Waals surface area contributed by atoms with Crippen molar-refractivity contribution in [3.05, 3.63) is 23.8 Å². The molecule has 0 spiro atoms. The van der Waals surface area contributed by atoms with E-state index in [2.05, 4.69) is 5.16 Å². The van der Waals surface area contributed by atoms with E-state index in [4.69, 9.17) is 14.7 Å². The molecule has 0 aliphatic heterocycles. The van der Waals surface area contributed by atoms with Gasteiger partial charge in [-0.1, -0.05) is 5.16 Å². The van der Waals surface area contributed by atoms with Crippen molar-refractivity contribution in [3.63, 3.8) is 0 Å². The lowest BCUT2D eigenvalue weighted by Gasteiger charge is -2.13. The Kier molecular flexibility index (Phi) is 5.29. The Labute approximate surface area is 101 Å². The predicted molar refractivity (Wildman–Crippen MR) is 66.4 cm³/mol. The lowest BCUT2D eigenvalue weighted by atomic mass is 10.2. The van der Waals surface area contributed by atoms with Crippen LogP contribution in [-0.2, 0) is 0 Å². The van der Waals surface area contributed by atoms with Gasteiger partial charge in [0.15, 0.2) is 0 Å². The van der Waals surface area contributed by atoms with Gasteiger partial charge in [0.1, 0.15) is 18.1 Å². The average molecular weight is 238 g/mol. The van der Waals surface area contributed by atoms with Gasteiger partial charge in [0.05, 0.1) is 13.3 Å². The third-order valence-electron chi connectivity index (χ3n) is 2.21. The Morgan fingerprint density at radius 3 is 2.76 bits per heavy atom. The fraction of sp³-hybridized carbons (Fsp3) is 0.417. The summed E-state index contributed by atoms with van der Waals surface area (Å²) >= 11 is 0. The van der Waals surface area contributed by atoms with Gasteiger partial charge < -0.3 is 19.6 Å². The van der Waals surface area contributed by atoms with E-state index < -0.39 is 0 Å². The smallest absolute Gasteiger partial charge is 0.131 e. The summed E-state index contributed by atoms with van der Waals surface area (Å²) in [4.78, 5) is 2.03. The maximum Gasteiger partial charge on any atom is 0.131 e. The molecule has 17 heavy (non-hydrogen) atoms. The second kappa shape index (κ2) is 6.75. The minimum Gasteiger partial charge on any atom is -0.497 e. The molecular weight excluding hydrogens is 220 g/mol. The standard InChI is InChI=1S/C12H18N2O3/c1-14(2)6-7-17-12-8-11(16-3)5-4-10(12)9-13-15/h4-5,8-9,15H,6-7H2,1-3H3. The second-order valence-electron chi connectivity index (χ2n) is 3.80. The fourth-order valence-corrected chi connectivity index (χ4v) is 1.27. The van der Waals surface area contributed by atoms with Gasteiger partial charge >= 0.3 is 0 Å². The molecule has 0 aliphatic rings. The zero-order valence-electron chi connectivity index (χ0n) is 10.4. The highest BCUT2D eigenvalue weighted by atomic mass is 16.5. The molecule has 0 aliphatic carbocycles. The van der Waals surface area contributed by atoms with Crippen LogP contribution in [0.5, 0.6) is 11.5 Å². The van der Waals surface area contributed by atoms with E-state index in [1.807, 2.05) is 19.0 Å². The van der Waals surface area contributed by atoms with Crippen molar-refractivity contribution in [1.82, 2.24) is 4.90 Å².